The number of aldehydes is 1. The van der Waals surface area contributed by atoms with Gasteiger partial charge < -0.3 is 0 Å². The summed E-state index contributed by atoms with van der Waals surface area (Å²) in [5.74, 6) is 0. The minimum atomic E-state index is 0.736. The van der Waals surface area contributed by atoms with Crippen LogP contribution in [0.25, 0.3) is 0 Å². The molecule has 0 bridgehead atoms. The van der Waals surface area contributed by atoms with Crippen LogP contribution >= 0.6 is 27.7 Å². The molecule has 0 unspecified atom stereocenters. The van der Waals surface area contributed by atoms with Crippen molar-refractivity contribution in [1.29, 1.82) is 0 Å². The molecule has 0 aromatic heterocycles. The molecule has 2 rings (SSSR count). The second-order valence-corrected chi connectivity index (χ2v) is 6.38. The van der Waals surface area contributed by atoms with E-state index in [-0.39, 0.29) is 0 Å². The quantitative estimate of drug-likeness (QED) is 0.753. The van der Waals surface area contributed by atoms with Crippen LogP contribution in [-0.4, -0.2) is 11.5 Å². The maximum atomic E-state index is 10.6. The Labute approximate surface area is 109 Å². The molecule has 16 heavy (non-hydrogen) atoms. The van der Waals surface area contributed by atoms with Gasteiger partial charge in [-0.15, -0.1) is 11.8 Å². The predicted molar refractivity (Wildman–Crippen MR) is 72.3 cm³/mol. The van der Waals surface area contributed by atoms with E-state index >= 15 is 0 Å². The third kappa shape index (κ3) is 3.11. The van der Waals surface area contributed by atoms with Crippen molar-refractivity contribution in [2.45, 2.75) is 42.2 Å². The van der Waals surface area contributed by atoms with Gasteiger partial charge in [0.15, 0.2) is 0 Å². The monoisotopic (exact) mass is 298 g/mol. The van der Waals surface area contributed by atoms with Crippen LogP contribution in [-0.2, 0) is 0 Å². The number of carbonyl (C=O) groups is 1. The van der Waals surface area contributed by atoms with Crippen molar-refractivity contribution < 1.29 is 4.79 Å². The fourth-order valence-electron chi connectivity index (χ4n) is 2.05. The Kier molecular flexibility index (Phi) is 4.47. The Morgan fingerprint density at radius 3 is 2.62 bits per heavy atom. The molecule has 1 aromatic rings. The van der Waals surface area contributed by atoms with Crippen LogP contribution in [0.3, 0.4) is 0 Å². The summed E-state index contributed by atoms with van der Waals surface area (Å²) in [5, 5.41) is 0.757. The molecule has 0 atom stereocenters. The van der Waals surface area contributed by atoms with E-state index in [9.17, 15) is 4.79 Å². The molecule has 1 aromatic carbocycles. The van der Waals surface area contributed by atoms with Gasteiger partial charge in [-0.25, -0.2) is 0 Å². The Morgan fingerprint density at radius 1 is 1.25 bits per heavy atom. The molecule has 1 aliphatic carbocycles. The highest BCUT2D eigenvalue weighted by atomic mass is 79.9. The Bertz CT molecular complexity index is 372. The first-order valence-corrected chi connectivity index (χ1v) is 7.38. The molecule has 1 aliphatic rings. The third-order valence-electron chi connectivity index (χ3n) is 2.94. The highest BCUT2D eigenvalue weighted by Gasteiger charge is 2.15. The molecular formula is C13H15BrOS. The zero-order valence-electron chi connectivity index (χ0n) is 9.12. The average molecular weight is 299 g/mol. The van der Waals surface area contributed by atoms with E-state index in [0.717, 1.165) is 21.6 Å². The number of hydrogen-bond acceptors (Lipinski definition) is 2. The van der Waals surface area contributed by atoms with E-state index in [1.165, 1.54) is 37.0 Å². The highest BCUT2D eigenvalue weighted by molar-refractivity contribution is 9.10. The van der Waals surface area contributed by atoms with E-state index in [0.29, 0.717) is 0 Å². The van der Waals surface area contributed by atoms with E-state index in [4.69, 9.17) is 0 Å². The fraction of sp³-hybridized carbons (Fsp3) is 0.462. The first-order chi connectivity index (χ1) is 7.79. The Hall–Kier alpha value is -0.280. The molecule has 1 saturated carbocycles. The van der Waals surface area contributed by atoms with Gasteiger partial charge in [-0.1, -0.05) is 25.3 Å². The zero-order valence-corrected chi connectivity index (χ0v) is 11.5. The van der Waals surface area contributed by atoms with E-state index in [2.05, 4.69) is 15.9 Å². The number of benzene rings is 1. The van der Waals surface area contributed by atoms with Crippen LogP contribution in [0.4, 0.5) is 0 Å². The summed E-state index contributed by atoms with van der Waals surface area (Å²) in [6.45, 7) is 0. The maximum Gasteiger partial charge on any atom is 0.150 e. The molecule has 0 saturated heterocycles. The number of carbonyl (C=O) groups excluding carboxylic acids is 1. The van der Waals surface area contributed by atoms with Crippen molar-refractivity contribution >= 4 is 34.0 Å². The summed E-state index contributed by atoms with van der Waals surface area (Å²) in [6.07, 6.45) is 7.66. The summed E-state index contributed by atoms with van der Waals surface area (Å²) < 4.78 is 1.05. The summed E-state index contributed by atoms with van der Waals surface area (Å²) in [5.41, 5.74) is 0.736. The molecule has 0 heterocycles. The largest absolute Gasteiger partial charge is 0.298 e. The number of hydrogen-bond donors (Lipinski definition) is 0. The molecular weight excluding hydrogens is 284 g/mol. The van der Waals surface area contributed by atoms with E-state index in [1.54, 1.807) is 0 Å². The molecule has 0 aliphatic heterocycles. The maximum absolute atomic E-state index is 10.6. The van der Waals surface area contributed by atoms with Crippen molar-refractivity contribution in [3.8, 4) is 0 Å². The molecule has 3 heteroatoms. The number of rotatable bonds is 3. The molecule has 1 nitrogen and oxygen atoms in total. The van der Waals surface area contributed by atoms with Crippen molar-refractivity contribution in [2.24, 2.45) is 0 Å². The number of halogens is 1. The lowest BCUT2D eigenvalue weighted by atomic mass is 10.0. The van der Waals surface area contributed by atoms with Gasteiger partial charge in [-0.05, 0) is 40.9 Å². The lowest BCUT2D eigenvalue weighted by Gasteiger charge is -2.21. The second-order valence-electron chi connectivity index (χ2n) is 4.19. The van der Waals surface area contributed by atoms with Crippen LogP contribution in [0.1, 0.15) is 42.5 Å². The van der Waals surface area contributed by atoms with E-state index < -0.39 is 0 Å². The average Bonchev–Trinajstić information content (AvgIpc) is 2.33. The van der Waals surface area contributed by atoms with Crippen molar-refractivity contribution in [3.63, 3.8) is 0 Å². The lowest BCUT2D eigenvalue weighted by Crippen LogP contribution is -2.07. The molecule has 0 spiro atoms. The van der Waals surface area contributed by atoms with Crippen LogP contribution in [0.5, 0.6) is 0 Å². The predicted octanol–water partition coefficient (Wildman–Crippen LogP) is 4.69. The molecule has 1 fully saturated rings. The second kappa shape index (κ2) is 5.87. The van der Waals surface area contributed by atoms with Crippen LogP contribution < -0.4 is 0 Å². The summed E-state index contributed by atoms with van der Waals surface area (Å²) in [7, 11) is 0. The van der Waals surface area contributed by atoms with Gasteiger partial charge in [-0.3, -0.25) is 4.79 Å². The zero-order chi connectivity index (χ0) is 11.4. The standard InChI is InChI=1S/C13H15BrOS/c14-12-8-10(9-15)6-7-13(12)16-11-4-2-1-3-5-11/h6-9,11H,1-5H2. The summed E-state index contributed by atoms with van der Waals surface area (Å²) in [4.78, 5) is 11.9. The number of thioether (sulfide) groups is 1. The molecule has 86 valence electrons. The van der Waals surface area contributed by atoms with Crippen LogP contribution in [0.15, 0.2) is 27.6 Å². The minimum absolute atomic E-state index is 0.736. The normalized spacial score (nSPS) is 17.3. The van der Waals surface area contributed by atoms with E-state index in [1.807, 2.05) is 30.0 Å². The molecule has 0 amide bonds. The third-order valence-corrected chi connectivity index (χ3v) is 5.27. The minimum Gasteiger partial charge on any atom is -0.298 e. The van der Waals surface area contributed by atoms with Crippen molar-refractivity contribution in [2.75, 3.05) is 0 Å². The summed E-state index contributed by atoms with van der Waals surface area (Å²) in [6, 6.07) is 5.84. The molecule has 0 N–H and O–H groups in total. The van der Waals surface area contributed by atoms with Gasteiger partial charge >= 0.3 is 0 Å². The van der Waals surface area contributed by atoms with Gasteiger partial charge in [0.2, 0.25) is 0 Å². The lowest BCUT2D eigenvalue weighted by molar-refractivity contribution is 0.112. The van der Waals surface area contributed by atoms with Gasteiger partial charge in [0.1, 0.15) is 6.29 Å². The Morgan fingerprint density at radius 2 is 2.00 bits per heavy atom. The summed E-state index contributed by atoms with van der Waals surface area (Å²) >= 11 is 5.48. The topological polar surface area (TPSA) is 17.1 Å². The van der Waals surface area contributed by atoms with Gasteiger partial charge in [-0.2, -0.15) is 0 Å². The smallest absolute Gasteiger partial charge is 0.150 e. The van der Waals surface area contributed by atoms with Gasteiger partial charge in [0, 0.05) is 20.2 Å². The highest BCUT2D eigenvalue weighted by Crippen LogP contribution is 2.37. The van der Waals surface area contributed by atoms with Crippen LogP contribution in [0, 0.1) is 0 Å². The first kappa shape index (κ1) is 12.2. The van der Waals surface area contributed by atoms with Gasteiger partial charge in [0.05, 0.1) is 0 Å². The van der Waals surface area contributed by atoms with Gasteiger partial charge in [0.25, 0.3) is 0 Å². The SMILES string of the molecule is O=Cc1ccc(SC2CCCCC2)c(Br)c1. The Balaban J connectivity index is 2.05. The fourth-order valence-corrected chi connectivity index (χ4v) is 3.97. The molecule has 0 radical (unpaired) electrons. The van der Waals surface area contributed by atoms with Crippen molar-refractivity contribution in [3.05, 3.63) is 28.2 Å². The van der Waals surface area contributed by atoms with Crippen LogP contribution in [0.2, 0.25) is 0 Å². The first-order valence-electron chi connectivity index (χ1n) is 5.71. The van der Waals surface area contributed by atoms with Crippen molar-refractivity contribution in [1.82, 2.24) is 0 Å².